The van der Waals surface area contributed by atoms with Crippen LogP contribution in [0.2, 0.25) is 0 Å². The number of unbranched alkanes of at least 4 members (excludes halogenated alkanes) is 2. The first-order valence-electron chi connectivity index (χ1n) is 9.70. The van der Waals surface area contributed by atoms with E-state index in [2.05, 4.69) is 11.9 Å². The number of hydrogen-bond donors (Lipinski definition) is 1. The van der Waals surface area contributed by atoms with Crippen molar-refractivity contribution in [2.24, 2.45) is 0 Å². The molecule has 1 fully saturated rings. The topological polar surface area (TPSA) is 89.0 Å². The van der Waals surface area contributed by atoms with Gasteiger partial charge in [0.05, 0.1) is 11.6 Å². The molecule has 1 atom stereocenters. The number of ketones is 1. The number of rotatable bonds is 6. The second-order valence-electron chi connectivity index (χ2n) is 7.05. The highest BCUT2D eigenvalue weighted by Gasteiger charge is 2.45. The van der Waals surface area contributed by atoms with E-state index in [0.717, 1.165) is 19.3 Å². The Morgan fingerprint density at radius 3 is 2.79 bits per heavy atom. The van der Waals surface area contributed by atoms with E-state index in [-0.39, 0.29) is 18.1 Å². The Morgan fingerprint density at radius 1 is 1.21 bits per heavy atom. The molecule has 0 spiro atoms. The molecule has 1 saturated heterocycles. The fourth-order valence-electron chi connectivity index (χ4n) is 3.73. The van der Waals surface area contributed by atoms with Gasteiger partial charge in [-0.15, -0.1) is 0 Å². The first kappa shape index (κ1) is 19.0. The van der Waals surface area contributed by atoms with Crippen LogP contribution in [0, 0.1) is 0 Å². The third-order valence-electron chi connectivity index (χ3n) is 5.19. The third kappa shape index (κ3) is 3.44. The second kappa shape index (κ2) is 7.95. The molecule has 7 heteroatoms. The molecule has 3 heterocycles. The highest BCUT2D eigenvalue weighted by Crippen LogP contribution is 2.41. The Balaban J connectivity index is 1.79. The van der Waals surface area contributed by atoms with Gasteiger partial charge in [0.15, 0.2) is 11.5 Å². The maximum Gasteiger partial charge on any atom is 0.295 e. The average Bonchev–Trinajstić information content (AvgIpc) is 3.31. The number of aromatic nitrogens is 1. The molecule has 7 nitrogen and oxygen atoms in total. The Bertz CT molecular complexity index is 970. The van der Waals surface area contributed by atoms with Crippen molar-refractivity contribution >= 4 is 17.4 Å². The van der Waals surface area contributed by atoms with Crippen LogP contribution in [0.5, 0.6) is 11.5 Å². The minimum Gasteiger partial charge on any atom is -0.507 e. The van der Waals surface area contributed by atoms with Gasteiger partial charge in [-0.05, 0) is 36.2 Å². The minimum atomic E-state index is -0.689. The number of carbonyl (C=O) groups is 2. The maximum absolute atomic E-state index is 12.9. The number of Topliss-reactive ketones (excluding diaryl/α,β-unsaturated/α-hetero) is 1. The van der Waals surface area contributed by atoms with Crippen molar-refractivity contribution in [2.45, 2.75) is 32.2 Å². The molecule has 0 saturated carbocycles. The van der Waals surface area contributed by atoms with Crippen LogP contribution < -0.4 is 9.47 Å². The first-order chi connectivity index (χ1) is 14.1. The fraction of sp³-hybridized carbons (Fsp3) is 0.318. The van der Waals surface area contributed by atoms with Gasteiger partial charge in [-0.3, -0.25) is 14.6 Å². The highest BCUT2D eigenvalue weighted by molar-refractivity contribution is 6.46. The molecule has 1 aromatic heterocycles. The van der Waals surface area contributed by atoms with E-state index in [9.17, 15) is 14.7 Å². The lowest BCUT2D eigenvalue weighted by molar-refractivity contribution is -0.139. The highest BCUT2D eigenvalue weighted by atomic mass is 16.7. The van der Waals surface area contributed by atoms with Crippen LogP contribution in [-0.2, 0) is 9.59 Å². The van der Waals surface area contributed by atoms with E-state index in [1.807, 2.05) is 6.07 Å². The molecule has 1 amide bonds. The Kier molecular flexibility index (Phi) is 5.20. The van der Waals surface area contributed by atoms with Crippen LogP contribution >= 0.6 is 0 Å². The molecule has 4 rings (SSSR count). The fourth-order valence-corrected chi connectivity index (χ4v) is 3.73. The van der Waals surface area contributed by atoms with Gasteiger partial charge < -0.3 is 19.5 Å². The van der Waals surface area contributed by atoms with Crippen LogP contribution in [0.3, 0.4) is 0 Å². The number of aliphatic hydroxyl groups is 1. The SMILES string of the molecule is CCCCCN1C(=O)C(=O)/C(=C(\O)c2ccc3c(c2)OCO3)C1c1cccnc1. The first-order valence-corrected chi connectivity index (χ1v) is 9.70. The molecule has 0 radical (unpaired) electrons. The average molecular weight is 394 g/mol. The van der Waals surface area contributed by atoms with Crippen LogP contribution in [0.15, 0.2) is 48.3 Å². The van der Waals surface area contributed by atoms with Gasteiger partial charge in [-0.1, -0.05) is 25.8 Å². The summed E-state index contributed by atoms with van der Waals surface area (Å²) in [5.41, 5.74) is 1.15. The van der Waals surface area contributed by atoms with Gasteiger partial charge in [0.25, 0.3) is 11.7 Å². The quantitative estimate of drug-likeness (QED) is 0.350. The number of nitrogens with zero attached hydrogens (tertiary/aromatic N) is 2. The summed E-state index contributed by atoms with van der Waals surface area (Å²) in [5, 5.41) is 11.0. The van der Waals surface area contributed by atoms with E-state index >= 15 is 0 Å². The lowest BCUT2D eigenvalue weighted by atomic mass is 9.96. The molecule has 0 bridgehead atoms. The van der Waals surface area contributed by atoms with Gasteiger partial charge >= 0.3 is 0 Å². The summed E-state index contributed by atoms with van der Waals surface area (Å²) in [5.74, 6) is -0.453. The van der Waals surface area contributed by atoms with Crippen LogP contribution in [0.25, 0.3) is 5.76 Å². The monoisotopic (exact) mass is 394 g/mol. The minimum absolute atomic E-state index is 0.0679. The number of amides is 1. The van der Waals surface area contributed by atoms with Crippen molar-refractivity contribution < 1.29 is 24.2 Å². The lowest BCUT2D eigenvalue weighted by Crippen LogP contribution is -2.30. The van der Waals surface area contributed by atoms with Gasteiger partial charge in [-0.25, -0.2) is 0 Å². The van der Waals surface area contributed by atoms with Crippen LogP contribution in [0.4, 0.5) is 0 Å². The largest absolute Gasteiger partial charge is 0.507 e. The van der Waals surface area contributed by atoms with Crippen molar-refractivity contribution in [1.29, 1.82) is 0 Å². The van der Waals surface area contributed by atoms with Gasteiger partial charge in [0, 0.05) is 24.5 Å². The molecule has 0 aliphatic carbocycles. The summed E-state index contributed by atoms with van der Waals surface area (Å²) in [7, 11) is 0. The van der Waals surface area contributed by atoms with E-state index in [4.69, 9.17) is 9.47 Å². The second-order valence-corrected chi connectivity index (χ2v) is 7.05. The predicted molar refractivity (Wildman–Crippen MR) is 105 cm³/mol. The summed E-state index contributed by atoms with van der Waals surface area (Å²) in [6.07, 6.45) is 5.98. The standard InChI is InChI=1S/C22H22N2O5/c1-2-3-4-10-24-19(15-6-5-9-23-12-15)18(21(26)22(24)27)20(25)14-7-8-16-17(11-14)29-13-28-16/h5-9,11-12,19,25H,2-4,10,13H2,1H3/b20-18-. The van der Waals surface area contributed by atoms with Crippen molar-refractivity contribution in [3.8, 4) is 11.5 Å². The number of likely N-dealkylation sites (tertiary alicyclic amines) is 1. The zero-order chi connectivity index (χ0) is 20.4. The summed E-state index contributed by atoms with van der Waals surface area (Å²) in [6, 6.07) is 7.82. The molecule has 2 aromatic rings. The van der Waals surface area contributed by atoms with Gasteiger partial charge in [-0.2, -0.15) is 0 Å². The predicted octanol–water partition coefficient (Wildman–Crippen LogP) is 3.42. The zero-order valence-corrected chi connectivity index (χ0v) is 16.1. The van der Waals surface area contributed by atoms with Crippen LogP contribution in [-0.4, -0.2) is 40.0 Å². The number of carbonyl (C=O) groups excluding carboxylic acids is 2. The Morgan fingerprint density at radius 2 is 2.03 bits per heavy atom. The Labute approximate surface area is 168 Å². The summed E-state index contributed by atoms with van der Waals surface area (Å²) >= 11 is 0. The van der Waals surface area contributed by atoms with E-state index in [0.29, 0.717) is 29.2 Å². The molecule has 1 aromatic carbocycles. The van der Waals surface area contributed by atoms with Gasteiger partial charge in [0.1, 0.15) is 5.76 Å². The number of hydrogen-bond acceptors (Lipinski definition) is 6. The normalized spacial score (nSPS) is 19.8. The van der Waals surface area contributed by atoms with Gasteiger partial charge in [0.2, 0.25) is 6.79 Å². The summed E-state index contributed by atoms with van der Waals surface area (Å²) in [4.78, 5) is 31.3. The molecule has 1 N–H and O–H groups in total. The number of aliphatic hydroxyl groups excluding tert-OH is 1. The van der Waals surface area contributed by atoms with E-state index < -0.39 is 17.7 Å². The van der Waals surface area contributed by atoms with Crippen LogP contribution in [0.1, 0.15) is 43.4 Å². The number of benzene rings is 1. The molecule has 2 aliphatic rings. The van der Waals surface area contributed by atoms with E-state index in [1.165, 1.54) is 4.90 Å². The molecule has 1 unspecified atom stereocenters. The van der Waals surface area contributed by atoms with Crippen molar-refractivity contribution in [3.63, 3.8) is 0 Å². The molecule has 2 aliphatic heterocycles. The maximum atomic E-state index is 12.9. The van der Waals surface area contributed by atoms with Crippen molar-refractivity contribution in [1.82, 2.24) is 9.88 Å². The molecule has 29 heavy (non-hydrogen) atoms. The smallest absolute Gasteiger partial charge is 0.295 e. The Hall–Kier alpha value is -3.35. The summed E-state index contributed by atoms with van der Waals surface area (Å²) < 4.78 is 10.7. The number of fused-ring (bicyclic) bond motifs is 1. The third-order valence-corrected chi connectivity index (χ3v) is 5.19. The molecular weight excluding hydrogens is 372 g/mol. The zero-order valence-electron chi connectivity index (χ0n) is 16.1. The number of pyridine rings is 1. The molecule has 150 valence electrons. The molecular formula is C22H22N2O5. The van der Waals surface area contributed by atoms with E-state index in [1.54, 1.807) is 36.7 Å². The van der Waals surface area contributed by atoms with Crippen molar-refractivity contribution in [2.75, 3.05) is 13.3 Å². The van der Waals surface area contributed by atoms with Crippen molar-refractivity contribution in [3.05, 3.63) is 59.4 Å². The summed E-state index contributed by atoms with van der Waals surface area (Å²) in [6.45, 7) is 2.62. The number of ether oxygens (including phenoxy) is 2. The lowest BCUT2D eigenvalue weighted by Gasteiger charge is -2.25.